The molecule has 0 aromatic carbocycles. The van der Waals surface area contributed by atoms with Gasteiger partial charge in [0.25, 0.3) is 0 Å². The van der Waals surface area contributed by atoms with Crippen LogP contribution < -0.4 is 0 Å². The van der Waals surface area contributed by atoms with Crippen LogP contribution in [-0.2, 0) is 7.72 Å². The van der Waals surface area contributed by atoms with Gasteiger partial charge in [-0.1, -0.05) is 0 Å². The van der Waals surface area contributed by atoms with Gasteiger partial charge in [0.1, 0.15) is 0 Å². The summed E-state index contributed by atoms with van der Waals surface area (Å²) in [5.41, 5.74) is 0. The summed E-state index contributed by atoms with van der Waals surface area (Å²) in [4.78, 5) is 0. The zero-order valence-electron chi connectivity index (χ0n) is 11.0. The molecule has 0 bridgehead atoms. The molecule has 0 nitrogen and oxygen atoms in total. The minimum atomic E-state index is -3.23. The van der Waals surface area contributed by atoms with Gasteiger partial charge in [0.15, 0.2) is 0 Å². The molecule has 0 aliphatic carbocycles. The number of hydrogen-bond acceptors (Lipinski definition) is 0. The van der Waals surface area contributed by atoms with Gasteiger partial charge in [0.05, 0.1) is 0 Å². The fourth-order valence-corrected chi connectivity index (χ4v) is 167. The maximum atomic E-state index is 2.64. The molecule has 0 N–H and O–H groups in total. The van der Waals surface area contributed by atoms with Gasteiger partial charge in [-0.15, -0.1) is 0 Å². The van der Waals surface area contributed by atoms with Crippen LogP contribution in [0.25, 0.3) is 0 Å². The molecular formula is C16H22Ru. The van der Waals surface area contributed by atoms with Crippen molar-refractivity contribution in [3.8, 4) is 0 Å². The van der Waals surface area contributed by atoms with Crippen molar-refractivity contribution in [3.05, 3.63) is 0 Å². The summed E-state index contributed by atoms with van der Waals surface area (Å²) >= 11 is 0. The molecule has 10 rings (SSSR count). The third-order valence-corrected chi connectivity index (χ3v) is 89.2. The SMILES string of the molecule is CC[C]12[CH]3[CH]4[C]5(CC)[C]1(CC)[Ru]34251678[CH]2[CH]1[CH]6[CH]7[CH]28. The van der Waals surface area contributed by atoms with Crippen LogP contribution in [0, 0.1) is 0 Å². The third kappa shape index (κ3) is 0.0566. The molecule has 0 radical (unpaired) electrons. The Morgan fingerprint density at radius 3 is 1.29 bits per heavy atom. The first kappa shape index (κ1) is 6.87. The second-order valence-corrected chi connectivity index (χ2v) is 47.9. The van der Waals surface area contributed by atoms with Crippen molar-refractivity contribution in [1.29, 1.82) is 0 Å². The summed E-state index contributed by atoms with van der Waals surface area (Å²) in [6.45, 7) is 7.90. The van der Waals surface area contributed by atoms with E-state index in [-0.39, 0.29) is 0 Å². The van der Waals surface area contributed by atoms with E-state index in [1.54, 1.807) is 19.3 Å². The van der Waals surface area contributed by atoms with Crippen LogP contribution >= 0.6 is 0 Å². The Hall–Kier alpha value is 0.623. The maximum absolute atomic E-state index is 3.23. The molecule has 0 amide bonds. The summed E-state index contributed by atoms with van der Waals surface area (Å²) in [5, 5.41) is 0. The molecule has 94 valence electrons. The van der Waals surface area contributed by atoms with E-state index < -0.39 is 7.72 Å². The van der Waals surface area contributed by atoms with Crippen molar-refractivity contribution in [2.45, 2.75) is 83.6 Å². The number of rotatable bonds is 3. The van der Waals surface area contributed by atoms with Crippen molar-refractivity contribution in [2.24, 2.45) is 0 Å². The fourth-order valence-electron chi connectivity index (χ4n) is 21.6. The predicted octanol–water partition coefficient (Wildman–Crippen LogP) is 5.72. The summed E-state index contributed by atoms with van der Waals surface area (Å²) in [7, 11) is -3.23. The molecule has 0 saturated carbocycles. The molecule has 10 aliphatic heterocycles. The molecule has 4 atom stereocenters. The molecule has 0 aromatic heterocycles. The van der Waals surface area contributed by atoms with E-state index in [1.807, 2.05) is 0 Å². The summed E-state index contributed by atoms with van der Waals surface area (Å²) < 4.78 is 14.1. The molecule has 17 heavy (non-hydrogen) atoms. The molecule has 0 aromatic rings. The Bertz CT molecular complexity index is 934. The zero-order valence-corrected chi connectivity index (χ0v) is 12.8. The first-order valence-electron chi connectivity index (χ1n) is 8.22. The first-order valence-corrected chi connectivity index (χ1v) is 17.9. The average Bonchev–Trinajstić information content (AvgIpc) is 3.30. The Balaban J connectivity index is 1.79. The fraction of sp³-hybridized carbons (Fsp3) is 1.00. The van der Waals surface area contributed by atoms with Crippen molar-refractivity contribution in [1.82, 2.24) is 0 Å². The standard InChI is InChI=1S/C11H17.C5H5.Ru/c1-4-9-7-8-10(5-2)11(9)6-3;1-2-4-5-3-1;/h7-8H,4-6H2,1-3H3;1-5H;. The quantitative estimate of drug-likeness (QED) is 0.585. The van der Waals surface area contributed by atoms with Crippen LogP contribution in [0.4, 0.5) is 0 Å². The monoisotopic (exact) mass is 316 g/mol. The van der Waals surface area contributed by atoms with E-state index in [4.69, 9.17) is 0 Å². The third-order valence-electron chi connectivity index (χ3n) is 17.5. The number of fused-ring (bicyclic) bond motifs is 10. The normalized spacial score (nSPS) is 128. The Morgan fingerprint density at radius 1 is 0.706 bits per heavy atom. The van der Waals surface area contributed by atoms with Crippen molar-refractivity contribution in [3.63, 3.8) is 0 Å². The van der Waals surface area contributed by atoms with Crippen LogP contribution in [0.1, 0.15) is 40.0 Å². The summed E-state index contributed by atoms with van der Waals surface area (Å²) in [6.07, 6.45) is 5.01. The summed E-state index contributed by atoms with van der Waals surface area (Å²) in [5.74, 6) is 0. The second kappa shape index (κ2) is 0.528. The van der Waals surface area contributed by atoms with Gasteiger partial charge in [-0.25, -0.2) is 0 Å². The van der Waals surface area contributed by atoms with Crippen molar-refractivity contribution in [2.75, 3.05) is 0 Å². The van der Waals surface area contributed by atoms with Crippen LogP contribution in [0.15, 0.2) is 0 Å². The molecule has 10 aliphatic rings. The first-order chi connectivity index (χ1) is 8.01. The van der Waals surface area contributed by atoms with Gasteiger partial charge in [0.2, 0.25) is 0 Å². The molecule has 4 unspecified atom stereocenters. The van der Waals surface area contributed by atoms with E-state index in [0.717, 1.165) is 12.0 Å². The van der Waals surface area contributed by atoms with E-state index in [1.165, 1.54) is 31.6 Å². The van der Waals surface area contributed by atoms with Crippen molar-refractivity contribution >= 4 is 0 Å². The van der Waals surface area contributed by atoms with Gasteiger partial charge < -0.3 is 0 Å². The minimum absolute atomic E-state index is 1.15. The molecular weight excluding hydrogens is 293 g/mol. The Kier molecular flexibility index (Phi) is 0.214. The zero-order chi connectivity index (χ0) is 11.0. The van der Waals surface area contributed by atoms with Crippen LogP contribution in [0.3, 0.4) is 0 Å². The van der Waals surface area contributed by atoms with Gasteiger partial charge in [-0.2, -0.15) is 0 Å². The van der Waals surface area contributed by atoms with Crippen LogP contribution in [0.5, 0.6) is 0 Å². The van der Waals surface area contributed by atoms with Crippen LogP contribution in [0.2, 0.25) is 43.6 Å². The van der Waals surface area contributed by atoms with Gasteiger partial charge >= 0.3 is 91.4 Å². The predicted molar refractivity (Wildman–Crippen MR) is 65.2 cm³/mol. The topological polar surface area (TPSA) is 0 Å². The molecule has 1 spiro atoms. The second-order valence-electron chi connectivity index (χ2n) is 11.3. The number of hydrogen-bond donors (Lipinski definition) is 0. The molecule has 10 fully saturated rings. The van der Waals surface area contributed by atoms with Gasteiger partial charge in [-0.05, 0) is 0 Å². The van der Waals surface area contributed by atoms with Gasteiger partial charge in [0, 0.05) is 0 Å². The molecule has 1 heteroatoms. The summed E-state index contributed by atoms with van der Waals surface area (Å²) in [6, 6.07) is 0. The van der Waals surface area contributed by atoms with E-state index >= 15 is 0 Å². The Morgan fingerprint density at radius 2 is 1.12 bits per heavy atom. The van der Waals surface area contributed by atoms with Gasteiger partial charge in [-0.3, -0.25) is 0 Å². The average molecular weight is 315 g/mol. The van der Waals surface area contributed by atoms with Crippen LogP contribution in [-0.4, -0.2) is 0 Å². The van der Waals surface area contributed by atoms with Crippen molar-refractivity contribution < 1.29 is 7.72 Å². The van der Waals surface area contributed by atoms with E-state index in [9.17, 15) is 0 Å². The van der Waals surface area contributed by atoms with E-state index in [2.05, 4.69) is 20.8 Å². The molecule has 10 saturated heterocycles. The Labute approximate surface area is 91.2 Å². The molecule has 10 heterocycles. The van der Waals surface area contributed by atoms with E-state index in [0.29, 0.717) is 0 Å².